The first-order chi connectivity index (χ1) is 8.30. The molecule has 1 saturated carbocycles. The predicted molar refractivity (Wildman–Crippen MR) is 67.7 cm³/mol. The molecule has 1 aliphatic carbocycles. The number of hydrogen-bond acceptors (Lipinski definition) is 3. The van der Waals surface area contributed by atoms with Crippen LogP contribution in [0.5, 0.6) is 0 Å². The summed E-state index contributed by atoms with van der Waals surface area (Å²) in [4.78, 5) is 12.4. The van der Waals surface area contributed by atoms with Gasteiger partial charge < -0.3 is 9.84 Å². The van der Waals surface area contributed by atoms with Gasteiger partial charge in [0.1, 0.15) is 5.60 Å². The van der Waals surface area contributed by atoms with Gasteiger partial charge in [-0.15, -0.1) is 0 Å². The number of fused-ring (bicyclic) bond motifs is 5. The highest BCUT2D eigenvalue weighted by Crippen LogP contribution is 2.61. The molecule has 0 amide bonds. The third-order valence-corrected chi connectivity index (χ3v) is 5.32. The zero-order chi connectivity index (χ0) is 13.3. The van der Waals surface area contributed by atoms with E-state index in [0.717, 1.165) is 18.4 Å². The van der Waals surface area contributed by atoms with E-state index in [1.807, 2.05) is 20.8 Å². The lowest BCUT2D eigenvalue weighted by atomic mass is 9.77. The first-order valence-electron chi connectivity index (χ1n) is 6.99. The van der Waals surface area contributed by atoms with Gasteiger partial charge in [0.05, 0.1) is 0 Å². The van der Waals surface area contributed by atoms with Crippen molar-refractivity contribution in [2.75, 3.05) is 0 Å². The number of ketones is 1. The minimum atomic E-state index is -1.21. The second-order valence-corrected chi connectivity index (χ2v) is 6.71. The van der Waals surface area contributed by atoms with Gasteiger partial charge in [0.2, 0.25) is 0 Å². The molecule has 0 aromatic heterocycles. The number of ether oxygens (including phenoxy) is 1. The van der Waals surface area contributed by atoms with Crippen LogP contribution in [0.1, 0.15) is 40.5 Å². The lowest BCUT2D eigenvalue weighted by molar-refractivity contribution is -0.222. The summed E-state index contributed by atoms with van der Waals surface area (Å²) in [7, 11) is 0. The van der Waals surface area contributed by atoms with E-state index >= 15 is 0 Å². The first kappa shape index (κ1) is 12.4. The smallest absolute Gasteiger partial charge is 0.193 e. The van der Waals surface area contributed by atoms with Crippen molar-refractivity contribution < 1.29 is 14.6 Å². The Bertz CT molecular complexity index is 439. The highest BCUT2D eigenvalue weighted by Gasteiger charge is 2.69. The molecule has 2 aliphatic heterocycles. The van der Waals surface area contributed by atoms with Crippen molar-refractivity contribution in [1.82, 2.24) is 0 Å². The minimum absolute atomic E-state index is 0.0393. The number of hydrogen-bond donors (Lipinski definition) is 1. The van der Waals surface area contributed by atoms with Crippen molar-refractivity contribution >= 4 is 5.78 Å². The highest BCUT2D eigenvalue weighted by atomic mass is 16.7. The molecule has 2 fully saturated rings. The maximum atomic E-state index is 12.4. The SMILES string of the molecule is CC(C)C1=CC(=O)[C@]2(C)O[C@@]1(O)[C@@H]1[C@H](C)CC[C@@H]12. The molecule has 2 heterocycles. The van der Waals surface area contributed by atoms with E-state index in [2.05, 4.69) is 6.92 Å². The molecule has 0 spiro atoms. The second kappa shape index (κ2) is 3.45. The zero-order valence-corrected chi connectivity index (χ0v) is 11.6. The number of rotatable bonds is 1. The number of aliphatic hydroxyl groups is 1. The van der Waals surface area contributed by atoms with Crippen LogP contribution in [-0.2, 0) is 9.53 Å². The van der Waals surface area contributed by atoms with Crippen LogP contribution in [0.25, 0.3) is 0 Å². The van der Waals surface area contributed by atoms with Crippen molar-refractivity contribution in [2.24, 2.45) is 23.7 Å². The van der Waals surface area contributed by atoms with Crippen LogP contribution >= 0.6 is 0 Å². The maximum Gasteiger partial charge on any atom is 0.193 e. The molecule has 2 bridgehead atoms. The summed E-state index contributed by atoms with van der Waals surface area (Å²) in [5, 5.41) is 11.0. The van der Waals surface area contributed by atoms with Gasteiger partial charge in [-0.1, -0.05) is 20.8 Å². The molecule has 3 nitrogen and oxygen atoms in total. The number of carbonyl (C=O) groups is 1. The van der Waals surface area contributed by atoms with Crippen LogP contribution in [0.2, 0.25) is 0 Å². The van der Waals surface area contributed by atoms with Crippen LogP contribution in [0.3, 0.4) is 0 Å². The van der Waals surface area contributed by atoms with Crippen molar-refractivity contribution in [3.63, 3.8) is 0 Å². The summed E-state index contributed by atoms with van der Waals surface area (Å²) < 4.78 is 5.93. The van der Waals surface area contributed by atoms with Crippen molar-refractivity contribution in [3.05, 3.63) is 11.6 Å². The van der Waals surface area contributed by atoms with E-state index in [0.29, 0.717) is 5.92 Å². The van der Waals surface area contributed by atoms with Crippen molar-refractivity contribution in [2.45, 2.75) is 51.9 Å². The van der Waals surface area contributed by atoms with Gasteiger partial charge >= 0.3 is 0 Å². The van der Waals surface area contributed by atoms with Crippen LogP contribution in [0.15, 0.2) is 11.6 Å². The molecule has 3 aliphatic rings. The Labute approximate surface area is 108 Å². The van der Waals surface area contributed by atoms with Crippen LogP contribution in [0.4, 0.5) is 0 Å². The van der Waals surface area contributed by atoms with E-state index < -0.39 is 11.4 Å². The highest BCUT2D eigenvalue weighted by molar-refractivity contribution is 5.99. The Hall–Kier alpha value is -0.670. The van der Waals surface area contributed by atoms with Crippen LogP contribution in [-0.4, -0.2) is 22.3 Å². The Balaban J connectivity index is 2.16. The van der Waals surface area contributed by atoms with Crippen molar-refractivity contribution in [3.8, 4) is 0 Å². The van der Waals surface area contributed by atoms with E-state index in [1.165, 1.54) is 0 Å². The monoisotopic (exact) mass is 250 g/mol. The van der Waals surface area contributed by atoms with Gasteiger partial charge in [-0.25, -0.2) is 0 Å². The molecule has 0 aromatic rings. The van der Waals surface area contributed by atoms with E-state index in [4.69, 9.17) is 4.74 Å². The Morgan fingerprint density at radius 1 is 1.44 bits per heavy atom. The normalized spacial score (nSPS) is 50.7. The molecule has 3 heteroatoms. The fourth-order valence-corrected chi connectivity index (χ4v) is 4.39. The Morgan fingerprint density at radius 2 is 2.11 bits per heavy atom. The van der Waals surface area contributed by atoms with Gasteiger partial charge in [-0.2, -0.15) is 0 Å². The molecule has 0 aromatic carbocycles. The minimum Gasteiger partial charge on any atom is -0.362 e. The molecule has 3 rings (SSSR count). The molecule has 100 valence electrons. The molecule has 0 radical (unpaired) electrons. The number of carbonyl (C=O) groups excluding carboxylic acids is 1. The second-order valence-electron chi connectivity index (χ2n) is 6.71. The van der Waals surface area contributed by atoms with Crippen LogP contribution < -0.4 is 0 Å². The van der Waals surface area contributed by atoms with Gasteiger partial charge in [0.15, 0.2) is 11.6 Å². The standard InChI is InChI=1S/C15H22O3/c1-8(2)11-7-12(16)14(4)10-6-5-9(3)13(10)15(11,17)18-14/h7-10,13,17H,5-6H2,1-4H3/t9-,10+,13-,14-,15-/m1/s1. The average molecular weight is 250 g/mol. The van der Waals surface area contributed by atoms with Gasteiger partial charge in [0, 0.05) is 11.8 Å². The molecular formula is C15H22O3. The lowest BCUT2D eigenvalue weighted by Crippen LogP contribution is -2.48. The van der Waals surface area contributed by atoms with Gasteiger partial charge in [0.25, 0.3) is 0 Å². The molecule has 1 saturated heterocycles. The van der Waals surface area contributed by atoms with Crippen LogP contribution in [0, 0.1) is 23.7 Å². The Morgan fingerprint density at radius 3 is 2.72 bits per heavy atom. The zero-order valence-electron chi connectivity index (χ0n) is 11.6. The average Bonchev–Trinajstić information content (AvgIpc) is 2.74. The van der Waals surface area contributed by atoms with E-state index in [-0.39, 0.29) is 23.5 Å². The summed E-state index contributed by atoms with van der Waals surface area (Å²) in [6.45, 7) is 8.04. The lowest BCUT2D eigenvalue weighted by Gasteiger charge is -2.39. The molecule has 0 unspecified atom stereocenters. The maximum absolute atomic E-state index is 12.4. The predicted octanol–water partition coefficient (Wildman–Crippen LogP) is 2.29. The fourth-order valence-electron chi connectivity index (χ4n) is 4.39. The van der Waals surface area contributed by atoms with Gasteiger partial charge in [-0.3, -0.25) is 4.79 Å². The first-order valence-corrected chi connectivity index (χ1v) is 6.99. The molecule has 18 heavy (non-hydrogen) atoms. The Kier molecular flexibility index (Phi) is 2.37. The van der Waals surface area contributed by atoms with Gasteiger partial charge in [-0.05, 0) is 43.3 Å². The summed E-state index contributed by atoms with van der Waals surface area (Å²) in [5.74, 6) is -0.389. The summed E-state index contributed by atoms with van der Waals surface area (Å²) in [6.07, 6.45) is 3.71. The third kappa shape index (κ3) is 1.24. The van der Waals surface area contributed by atoms with E-state index in [9.17, 15) is 9.90 Å². The molecule has 5 atom stereocenters. The van der Waals surface area contributed by atoms with Crippen molar-refractivity contribution in [1.29, 1.82) is 0 Å². The fraction of sp³-hybridized carbons (Fsp3) is 0.800. The summed E-state index contributed by atoms with van der Waals surface area (Å²) >= 11 is 0. The summed E-state index contributed by atoms with van der Waals surface area (Å²) in [5.41, 5.74) is -0.0334. The van der Waals surface area contributed by atoms with E-state index in [1.54, 1.807) is 6.08 Å². The summed E-state index contributed by atoms with van der Waals surface area (Å²) in [6, 6.07) is 0. The third-order valence-electron chi connectivity index (χ3n) is 5.32. The topological polar surface area (TPSA) is 46.5 Å². The quantitative estimate of drug-likeness (QED) is 0.776. The molecular weight excluding hydrogens is 228 g/mol. The largest absolute Gasteiger partial charge is 0.362 e. The molecule has 1 N–H and O–H groups in total.